The maximum absolute atomic E-state index is 12.1. The maximum atomic E-state index is 12.1. The Morgan fingerprint density at radius 1 is 1.12 bits per heavy atom. The molecular weight excluding hydrogens is 328 g/mol. The average molecular weight is 352 g/mol. The number of rotatable bonds is 3. The molecule has 7 nitrogen and oxygen atoms in total. The molecule has 7 heteroatoms. The fraction of sp³-hybridized carbons (Fsp3) is 0.611. The highest BCUT2D eigenvalue weighted by atomic mass is 16.5. The van der Waals surface area contributed by atoms with E-state index < -0.39 is 11.9 Å². The molecule has 0 bridgehead atoms. The number of aliphatic hydroxyl groups excluding tert-OH is 1. The van der Waals surface area contributed by atoms with Gasteiger partial charge in [0.1, 0.15) is 11.3 Å². The van der Waals surface area contributed by atoms with Crippen molar-refractivity contribution >= 4 is 17.9 Å². The van der Waals surface area contributed by atoms with Gasteiger partial charge in [0.15, 0.2) is 0 Å². The van der Waals surface area contributed by atoms with Gasteiger partial charge in [-0.2, -0.15) is 0 Å². The van der Waals surface area contributed by atoms with Crippen molar-refractivity contribution in [3.63, 3.8) is 0 Å². The van der Waals surface area contributed by atoms with Crippen LogP contribution in [-0.4, -0.2) is 44.3 Å². The van der Waals surface area contributed by atoms with Crippen molar-refractivity contribution in [1.29, 1.82) is 0 Å². The van der Waals surface area contributed by atoms with Crippen LogP contribution in [0.3, 0.4) is 0 Å². The van der Waals surface area contributed by atoms with Crippen molar-refractivity contribution in [2.45, 2.75) is 32.6 Å². The molecule has 0 unspecified atom stereocenters. The number of hydrogen-bond acceptors (Lipinski definition) is 7. The summed E-state index contributed by atoms with van der Waals surface area (Å²) in [4.78, 5) is 36.3. The molecule has 0 amide bonds. The third-order valence-electron chi connectivity index (χ3n) is 5.41. The Bertz CT molecular complexity index is 646. The number of hydrogen-bond donors (Lipinski definition) is 1. The zero-order chi connectivity index (χ0) is 18.8. The molecule has 0 heterocycles. The van der Waals surface area contributed by atoms with E-state index in [0.29, 0.717) is 19.3 Å². The van der Waals surface area contributed by atoms with Crippen molar-refractivity contribution in [3.8, 4) is 0 Å². The van der Waals surface area contributed by atoms with E-state index in [0.717, 1.165) is 0 Å². The van der Waals surface area contributed by atoms with Gasteiger partial charge in [0.2, 0.25) is 0 Å². The van der Waals surface area contributed by atoms with Gasteiger partial charge in [-0.15, -0.1) is 0 Å². The second kappa shape index (κ2) is 7.29. The molecule has 2 aliphatic carbocycles. The van der Waals surface area contributed by atoms with Crippen molar-refractivity contribution in [2.75, 3.05) is 21.3 Å². The van der Waals surface area contributed by atoms with E-state index in [2.05, 4.69) is 0 Å². The number of aliphatic hydroxyl groups is 1. The molecule has 25 heavy (non-hydrogen) atoms. The van der Waals surface area contributed by atoms with E-state index in [9.17, 15) is 19.5 Å². The molecule has 0 aromatic heterocycles. The number of carbonyl (C=O) groups is 3. The van der Waals surface area contributed by atoms with Crippen LogP contribution in [0.15, 0.2) is 23.0 Å². The van der Waals surface area contributed by atoms with Gasteiger partial charge in [-0.3, -0.25) is 4.79 Å². The summed E-state index contributed by atoms with van der Waals surface area (Å²) in [5, 5.41) is 10.6. The number of methoxy groups -OCH3 is 3. The molecule has 1 saturated carbocycles. The second-order valence-electron chi connectivity index (χ2n) is 6.76. The summed E-state index contributed by atoms with van der Waals surface area (Å²) in [6, 6.07) is 0. The van der Waals surface area contributed by atoms with Crippen LogP contribution in [0, 0.1) is 17.3 Å². The summed E-state index contributed by atoms with van der Waals surface area (Å²) in [6.07, 6.45) is 3.46. The number of carbonyl (C=O) groups excluding carboxylic acids is 3. The minimum Gasteiger partial charge on any atom is -0.511 e. The zero-order valence-electron chi connectivity index (χ0n) is 15.0. The summed E-state index contributed by atoms with van der Waals surface area (Å²) < 4.78 is 14.4. The van der Waals surface area contributed by atoms with Gasteiger partial charge >= 0.3 is 17.9 Å². The Labute approximate surface area is 146 Å². The van der Waals surface area contributed by atoms with Gasteiger partial charge in [-0.1, -0.05) is 13.0 Å². The molecule has 0 aliphatic heterocycles. The standard InChI is InChI=1S/C18H24O7/c1-18-8-7-10(15(20)23-2)12(18)6-5-11(16(21)24-3)14(13(19)9-18)17(22)25-4/h5,10,12,19H,6-9H2,1-4H3/t10-,12-,18-/m1/s1. The third-order valence-corrected chi connectivity index (χ3v) is 5.41. The minimum atomic E-state index is -0.793. The molecule has 1 N–H and O–H groups in total. The molecule has 0 aromatic rings. The molecule has 2 rings (SSSR count). The van der Waals surface area contributed by atoms with Crippen molar-refractivity contribution < 1.29 is 33.7 Å². The second-order valence-corrected chi connectivity index (χ2v) is 6.76. The first-order chi connectivity index (χ1) is 11.8. The molecule has 0 saturated heterocycles. The summed E-state index contributed by atoms with van der Waals surface area (Å²) in [7, 11) is 3.73. The summed E-state index contributed by atoms with van der Waals surface area (Å²) in [6.45, 7) is 1.97. The lowest BCUT2D eigenvalue weighted by Gasteiger charge is -2.34. The zero-order valence-corrected chi connectivity index (χ0v) is 15.0. The van der Waals surface area contributed by atoms with E-state index >= 15 is 0 Å². The average Bonchev–Trinajstić information content (AvgIpc) is 2.90. The monoisotopic (exact) mass is 352 g/mol. The Kier molecular flexibility index (Phi) is 5.55. The largest absolute Gasteiger partial charge is 0.511 e. The predicted octanol–water partition coefficient (Wildman–Crippen LogP) is 2.07. The Hall–Kier alpha value is -2.31. The van der Waals surface area contributed by atoms with E-state index in [4.69, 9.17) is 14.2 Å². The van der Waals surface area contributed by atoms with Crippen LogP contribution in [0.5, 0.6) is 0 Å². The maximum Gasteiger partial charge on any atom is 0.342 e. The van der Waals surface area contributed by atoms with Gasteiger partial charge in [0.25, 0.3) is 0 Å². The van der Waals surface area contributed by atoms with Gasteiger partial charge in [-0.25, -0.2) is 9.59 Å². The van der Waals surface area contributed by atoms with Crippen molar-refractivity contribution in [2.24, 2.45) is 17.3 Å². The lowest BCUT2D eigenvalue weighted by molar-refractivity contribution is -0.147. The van der Waals surface area contributed by atoms with Crippen LogP contribution < -0.4 is 0 Å². The summed E-state index contributed by atoms with van der Waals surface area (Å²) >= 11 is 0. The van der Waals surface area contributed by atoms with E-state index in [1.807, 2.05) is 6.92 Å². The molecule has 2 aliphatic rings. The highest BCUT2D eigenvalue weighted by Gasteiger charge is 2.49. The Balaban J connectivity index is 2.52. The normalized spacial score (nSPS) is 29.0. The Morgan fingerprint density at radius 3 is 2.32 bits per heavy atom. The van der Waals surface area contributed by atoms with Crippen LogP contribution in [-0.2, 0) is 28.6 Å². The number of ether oxygens (including phenoxy) is 3. The number of esters is 3. The first kappa shape index (κ1) is 19.0. The molecule has 0 radical (unpaired) electrons. The first-order valence-corrected chi connectivity index (χ1v) is 8.16. The predicted molar refractivity (Wildman–Crippen MR) is 87.3 cm³/mol. The van der Waals surface area contributed by atoms with E-state index in [1.165, 1.54) is 21.3 Å². The van der Waals surface area contributed by atoms with Gasteiger partial charge in [0, 0.05) is 6.42 Å². The third kappa shape index (κ3) is 3.41. The van der Waals surface area contributed by atoms with Gasteiger partial charge < -0.3 is 19.3 Å². The fourth-order valence-electron chi connectivity index (χ4n) is 4.06. The lowest BCUT2D eigenvalue weighted by Crippen LogP contribution is -2.32. The molecule has 138 valence electrons. The fourth-order valence-corrected chi connectivity index (χ4v) is 4.06. The number of allylic oxidation sites excluding steroid dienone is 2. The van der Waals surface area contributed by atoms with Crippen LogP contribution in [0.4, 0.5) is 0 Å². The molecule has 3 atom stereocenters. The highest BCUT2D eigenvalue weighted by Crippen LogP contribution is 2.53. The molecule has 1 fully saturated rings. The van der Waals surface area contributed by atoms with Crippen LogP contribution in [0.1, 0.15) is 32.6 Å². The van der Waals surface area contributed by atoms with Crippen LogP contribution in [0.2, 0.25) is 0 Å². The summed E-state index contributed by atoms with van der Waals surface area (Å²) in [5.41, 5.74) is -0.597. The quantitative estimate of drug-likeness (QED) is 0.613. The summed E-state index contributed by atoms with van der Waals surface area (Å²) in [5.74, 6) is -2.46. The topological polar surface area (TPSA) is 99.1 Å². The molecular formula is C18H24O7. The van der Waals surface area contributed by atoms with E-state index in [1.54, 1.807) is 6.08 Å². The van der Waals surface area contributed by atoms with Gasteiger partial charge in [-0.05, 0) is 30.6 Å². The smallest absolute Gasteiger partial charge is 0.342 e. The van der Waals surface area contributed by atoms with Crippen molar-refractivity contribution in [1.82, 2.24) is 0 Å². The minimum absolute atomic E-state index is 0.0376. The molecule has 0 spiro atoms. The van der Waals surface area contributed by atoms with E-state index in [-0.39, 0.29) is 46.5 Å². The number of fused-ring (bicyclic) bond motifs is 1. The van der Waals surface area contributed by atoms with Gasteiger partial charge in [0.05, 0.1) is 32.8 Å². The first-order valence-electron chi connectivity index (χ1n) is 8.16. The van der Waals surface area contributed by atoms with Crippen LogP contribution >= 0.6 is 0 Å². The molecule has 0 aromatic carbocycles. The lowest BCUT2D eigenvalue weighted by atomic mass is 9.70. The Morgan fingerprint density at radius 2 is 1.76 bits per heavy atom. The van der Waals surface area contributed by atoms with Crippen LogP contribution in [0.25, 0.3) is 0 Å². The SMILES string of the molecule is COC(=O)C1=CC[C@@H]2[C@H](C(=O)OC)CC[C@]2(C)CC(O)=C1C(=O)OC. The van der Waals surface area contributed by atoms with Crippen molar-refractivity contribution in [3.05, 3.63) is 23.0 Å². The highest BCUT2D eigenvalue weighted by molar-refractivity contribution is 6.07.